The van der Waals surface area contributed by atoms with E-state index < -0.39 is 6.10 Å². The zero-order chi connectivity index (χ0) is 6.57. The highest BCUT2D eigenvalue weighted by atomic mass is 16.3. The van der Waals surface area contributed by atoms with Gasteiger partial charge in [-0.25, -0.2) is 0 Å². The molecule has 0 aromatic heterocycles. The van der Waals surface area contributed by atoms with Crippen LogP contribution < -0.4 is 0 Å². The number of aliphatic hydroxyl groups is 1. The molecule has 0 unspecified atom stereocenters. The van der Waals surface area contributed by atoms with Crippen molar-refractivity contribution in [3.63, 3.8) is 0 Å². The van der Waals surface area contributed by atoms with Gasteiger partial charge >= 0.3 is 0 Å². The molecule has 46 valence electrons. The Balaban J connectivity index is 3.49. The number of hydrogen-bond acceptors (Lipinski definition) is 2. The van der Waals surface area contributed by atoms with Crippen LogP contribution in [0.4, 0.5) is 0 Å². The summed E-state index contributed by atoms with van der Waals surface area (Å²) in [5.41, 5.74) is 0. The molecule has 0 amide bonds. The maximum atomic E-state index is 8.77. The average Bonchev–Trinajstić information content (AvgIpc) is 1.84. The molecule has 0 aliphatic heterocycles. The molecule has 0 saturated heterocycles. The summed E-state index contributed by atoms with van der Waals surface area (Å²) in [6, 6.07) is 1.77. The second-order valence-electron chi connectivity index (χ2n) is 1.96. The molecule has 0 aliphatic carbocycles. The molecule has 0 aromatic carbocycles. The number of aliphatic hydroxyl groups excluding tert-OH is 1. The SMILES string of the molecule is CC[C@@H](C)[C@@H](O)C#N. The molecule has 0 aromatic rings. The van der Waals surface area contributed by atoms with Crippen molar-refractivity contribution in [1.82, 2.24) is 0 Å². The standard InChI is InChI=1S/C6H11NO/c1-3-5(2)6(8)4-7/h5-6,8H,3H2,1-2H3/t5-,6+/m1/s1. The molecule has 0 bridgehead atoms. The van der Waals surface area contributed by atoms with Crippen molar-refractivity contribution >= 4 is 0 Å². The van der Waals surface area contributed by atoms with Crippen LogP contribution in [0.15, 0.2) is 0 Å². The minimum Gasteiger partial charge on any atom is -0.378 e. The Hall–Kier alpha value is -0.550. The quantitative estimate of drug-likeness (QED) is 0.541. The number of hydrogen-bond donors (Lipinski definition) is 1. The summed E-state index contributed by atoms with van der Waals surface area (Å²) >= 11 is 0. The highest BCUT2D eigenvalue weighted by molar-refractivity contribution is 4.85. The minimum atomic E-state index is -0.778. The van der Waals surface area contributed by atoms with E-state index in [0.717, 1.165) is 6.42 Å². The summed E-state index contributed by atoms with van der Waals surface area (Å²) in [4.78, 5) is 0. The molecular weight excluding hydrogens is 102 g/mol. The van der Waals surface area contributed by atoms with Gasteiger partial charge in [-0.3, -0.25) is 0 Å². The maximum absolute atomic E-state index is 8.77. The van der Waals surface area contributed by atoms with Crippen LogP contribution in [-0.2, 0) is 0 Å². The van der Waals surface area contributed by atoms with Gasteiger partial charge in [0, 0.05) is 0 Å². The zero-order valence-corrected chi connectivity index (χ0v) is 5.26. The van der Waals surface area contributed by atoms with Crippen molar-refractivity contribution in [3.05, 3.63) is 0 Å². The lowest BCUT2D eigenvalue weighted by Crippen LogP contribution is -2.13. The second kappa shape index (κ2) is 3.45. The topological polar surface area (TPSA) is 44.0 Å². The summed E-state index contributed by atoms with van der Waals surface area (Å²) in [6.45, 7) is 3.80. The van der Waals surface area contributed by atoms with Crippen LogP contribution in [-0.4, -0.2) is 11.2 Å². The van der Waals surface area contributed by atoms with Crippen LogP contribution >= 0.6 is 0 Å². The third-order valence-corrected chi connectivity index (χ3v) is 1.32. The van der Waals surface area contributed by atoms with E-state index in [1.807, 2.05) is 13.8 Å². The monoisotopic (exact) mass is 113 g/mol. The summed E-state index contributed by atoms with van der Waals surface area (Å²) in [6.07, 6.45) is 0.0781. The van der Waals surface area contributed by atoms with Crippen LogP contribution in [0.2, 0.25) is 0 Å². The number of nitriles is 1. The Kier molecular flexibility index (Phi) is 3.21. The van der Waals surface area contributed by atoms with E-state index in [9.17, 15) is 0 Å². The first-order valence-electron chi connectivity index (χ1n) is 2.80. The lowest BCUT2D eigenvalue weighted by atomic mass is 10.0. The lowest BCUT2D eigenvalue weighted by Gasteiger charge is -2.06. The van der Waals surface area contributed by atoms with E-state index in [0.29, 0.717) is 0 Å². The summed E-state index contributed by atoms with van der Waals surface area (Å²) in [5, 5.41) is 16.9. The fourth-order valence-corrected chi connectivity index (χ4v) is 0.351. The first-order chi connectivity index (χ1) is 3.72. The molecule has 0 heterocycles. The van der Waals surface area contributed by atoms with E-state index in [1.54, 1.807) is 6.07 Å². The Morgan fingerprint density at radius 2 is 2.25 bits per heavy atom. The van der Waals surface area contributed by atoms with Gasteiger partial charge in [0.2, 0.25) is 0 Å². The molecule has 0 rings (SSSR count). The Bertz CT molecular complexity index is 95.2. The number of rotatable bonds is 2. The van der Waals surface area contributed by atoms with Crippen molar-refractivity contribution in [1.29, 1.82) is 5.26 Å². The van der Waals surface area contributed by atoms with Crippen LogP contribution in [0.5, 0.6) is 0 Å². The largest absolute Gasteiger partial charge is 0.378 e. The fourth-order valence-electron chi connectivity index (χ4n) is 0.351. The van der Waals surface area contributed by atoms with Crippen LogP contribution in [0.25, 0.3) is 0 Å². The molecule has 2 heteroatoms. The predicted molar refractivity (Wildman–Crippen MR) is 31.1 cm³/mol. The molecule has 1 N–H and O–H groups in total. The molecule has 2 nitrogen and oxygen atoms in total. The van der Waals surface area contributed by atoms with Gasteiger partial charge in [-0.1, -0.05) is 20.3 Å². The minimum absolute atomic E-state index is 0.111. The van der Waals surface area contributed by atoms with Crippen LogP contribution in [0.1, 0.15) is 20.3 Å². The molecule has 0 aliphatic rings. The van der Waals surface area contributed by atoms with Gasteiger partial charge in [0.1, 0.15) is 6.10 Å². The van der Waals surface area contributed by atoms with Gasteiger partial charge in [-0.2, -0.15) is 5.26 Å². The highest BCUT2D eigenvalue weighted by Crippen LogP contribution is 2.04. The van der Waals surface area contributed by atoms with Gasteiger partial charge in [0.05, 0.1) is 6.07 Å². The van der Waals surface area contributed by atoms with Crippen molar-refractivity contribution in [2.45, 2.75) is 26.4 Å². The summed E-state index contributed by atoms with van der Waals surface area (Å²) < 4.78 is 0. The number of nitrogens with zero attached hydrogens (tertiary/aromatic N) is 1. The molecule has 0 saturated carbocycles. The van der Waals surface area contributed by atoms with Gasteiger partial charge in [-0.05, 0) is 5.92 Å². The van der Waals surface area contributed by atoms with E-state index >= 15 is 0 Å². The summed E-state index contributed by atoms with van der Waals surface area (Å²) in [5.74, 6) is 0.111. The van der Waals surface area contributed by atoms with E-state index in [2.05, 4.69) is 0 Å². The third kappa shape index (κ3) is 1.94. The molecule has 0 radical (unpaired) electrons. The normalized spacial score (nSPS) is 16.8. The van der Waals surface area contributed by atoms with Crippen molar-refractivity contribution in [2.75, 3.05) is 0 Å². The van der Waals surface area contributed by atoms with E-state index in [4.69, 9.17) is 10.4 Å². The van der Waals surface area contributed by atoms with Gasteiger partial charge in [-0.15, -0.1) is 0 Å². The molecule has 2 atom stereocenters. The van der Waals surface area contributed by atoms with Gasteiger partial charge < -0.3 is 5.11 Å². The third-order valence-electron chi connectivity index (χ3n) is 1.32. The highest BCUT2D eigenvalue weighted by Gasteiger charge is 2.08. The van der Waals surface area contributed by atoms with Crippen LogP contribution in [0.3, 0.4) is 0 Å². The molecular formula is C6H11NO. The maximum Gasteiger partial charge on any atom is 0.143 e. The molecule has 0 spiro atoms. The second-order valence-corrected chi connectivity index (χ2v) is 1.96. The average molecular weight is 113 g/mol. The van der Waals surface area contributed by atoms with E-state index in [1.165, 1.54) is 0 Å². The van der Waals surface area contributed by atoms with Crippen molar-refractivity contribution in [3.8, 4) is 6.07 Å². The van der Waals surface area contributed by atoms with Gasteiger partial charge in [0.25, 0.3) is 0 Å². The lowest BCUT2D eigenvalue weighted by molar-refractivity contribution is 0.167. The Labute approximate surface area is 49.8 Å². The van der Waals surface area contributed by atoms with Crippen LogP contribution in [0, 0.1) is 17.2 Å². The first-order valence-corrected chi connectivity index (χ1v) is 2.80. The van der Waals surface area contributed by atoms with Gasteiger partial charge in [0.15, 0.2) is 0 Å². The Morgan fingerprint density at radius 1 is 1.75 bits per heavy atom. The van der Waals surface area contributed by atoms with Crippen molar-refractivity contribution in [2.24, 2.45) is 5.92 Å². The zero-order valence-electron chi connectivity index (χ0n) is 5.26. The van der Waals surface area contributed by atoms with E-state index in [-0.39, 0.29) is 5.92 Å². The smallest absolute Gasteiger partial charge is 0.143 e. The first kappa shape index (κ1) is 7.45. The fraction of sp³-hybridized carbons (Fsp3) is 0.833. The summed E-state index contributed by atoms with van der Waals surface area (Å²) in [7, 11) is 0. The Morgan fingerprint density at radius 3 is 2.38 bits per heavy atom. The molecule has 8 heavy (non-hydrogen) atoms. The van der Waals surface area contributed by atoms with Crippen molar-refractivity contribution < 1.29 is 5.11 Å². The predicted octanol–water partition coefficient (Wildman–Crippen LogP) is 0.917. The molecule has 0 fully saturated rings.